The molecule has 0 aromatic rings. The van der Waals surface area contributed by atoms with Crippen molar-refractivity contribution in [3.05, 3.63) is 0 Å². The van der Waals surface area contributed by atoms with Crippen molar-refractivity contribution in [1.82, 2.24) is 10.2 Å². The van der Waals surface area contributed by atoms with E-state index in [1.54, 1.807) is 0 Å². The molecule has 0 spiro atoms. The number of unbranched alkanes of at least 4 members (excludes halogenated alkanes) is 11. The molecule has 114 valence electrons. The van der Waals surface area contributed by atoms with Gasteiger partial charge < -0.3 is 5.32 Å². The lowest BCUT2D eigenvalue weighted by Crippen LogP contribution is -2.22. The number of nitrogens with zero attached hydrogens (tertiary/aromatic N) is 1. The maximum atomic E-state index is 3.39. The van der Waals surface area contributed by atoms with Crippen LogP contribution < -0.4 is 5.32 Å². The minimum absolute atomic E-state index is 1.12. The average molecular weight is 268 g/mol. The molecule has 1 aliphatic rings. The van der Waals surface area contributed by atoms with Gasteiger partial charge in [-0.05, 0) is 13.0 Å². The Morgan fingerprint density at radius 1 is 0.737 bits per heavy atom. The van der Waals surface area contributed by atoms with Crippen LogP contribution in [0.2, 0.25) is 0 Å². The molecule has 0 saturated carbocycles. The van der Waals surface area contributed by atoms with Crippen LogP contribution in [0, 0.1) is 0 Å². The van der Waals surface area contributed by atoms with Gasteiger partial charge in [0.25, 0.3) is 0 Å². The van der Waals surface area contributed by atoms with E-state index in [1.807, 2.05) is 0 Å². The van der Waals surface area contributed by atoms with E-state index in [0.717, 1.165) is 6.67 Å². The second-order valence-corrected chi connectivity index (χ2v) is 6.17. The number of hydrogen-bond donors (Lipinski definition) is 1. The van der Waals surface area contributed by atoms with Crippen molar-refractivity contribution in [2.24, 2.45) is 0 Å². The molecule has 2 heteroatoms. The molecule has 1 N–H and O–H groups in total. The summed E-state index contributed by atoms with van der Waals surface area (Å²) < 4.78 is 0. The molecule has 1 aliphatic heterocycles. The van der Waals surface area contributed by atoms with E-state index in [9.17, 15) is 0 Å². The molecule has 0 unspecified atom stereocenters. The minimum Gasteiger partial charge on any atom is -0.303 e. The van der Waals surface area contributed by atoms with Crippen molar-refractivity contribution in [2.75, 3.05) is 26.3 Å². The molecule has 2 nitrogen and oxygen atoms in total. The van der Waals surface area contributed by atoms with Crippen LogP contribution >= 0.6 is 0 Å². The van der Waals surface area contributed by atoms with E-state index in [2.05, 4.69) is 17.1 Å². The smallest absolute Gasteiger partial charge is 0.0481 e. The monoisotopic (exact) mass is 268 g/mol. The summed E-state index contributed by atoms with van der Waals surface area (Å²) in [6, 6.07) is 0. The first-order chi connectivity index (χ1) is 9.43. The predicted molar refractivity (Wildman–Crippen MR) is 85.5 cm³/mol. The summed E-state index contributed by atoms with van der Waals surface area (Å²) in [6.45, 7) is 7.18. The molecule has 0 bridgehead atoms. The van der Waals surface area contributed by atoms with E-state index < -0.39 is 0 Å². The molecule has 1 saturated heterocycles. The molecule has 0 aliphatic carbocycles. The molecule has 0 aromatic heterocycles. The standard InChI is InChI=1S/C17H36N2/c1-2-3-4-5-6-7-8-9-10-11-12-13-15-19-16-14-18-17-19/h18H,2-17H2,1H3. The van der Waals surface area contributed by atoms with Crippen LogP contribution in [0.1, 0.15) is 84.0 Å². The van der Waals surface area contributed by atoms with Crippen molar-refractivity contribution in [3.8, 4) is 0 Å². The van der Waals surface area contributed by atoms with Gasteiger partial charge in [-0.3, -0.25) is 4.90 Å². The fourth-order valence-corrected chi connectivity index (χ4v) is 2.92. The molecule has 1 fully saturated rings. The van der Waals surface area contributed by atoms with Gasteiger partial charge in [-0.25, -0.2) is 0 Å². The zero-order chi connectivity index (χ0) is 13.6. The quantitative estimate of drug-likeness (QED) is 0.493. The highest BCUT2D eigenvalue weighted by molar-refractivity contribution is 4.65. The molecule has 1 heterocycles. The lowest BCUT2D eigenvalue weighted by atomic mass is 10.1. The Bertz CT molecular complexity index is 176. The van der Waals surface area contributed by atoms with Crippen molar-refractivity contribution in [3.63, 3.8) is 0 Å². The summed E-state index contributed by atoms with van der Waals surface area (Å²) in [5.74, 6) is 0. The SMILES string of the molecule is CCCCCCCCCCCCCCN1CCNC1. The summed E-state index contributed by atoms with van der Waals surface area (Å²) in [5.41, 5.74) is 0. The van der Waals surface area contributed by atoms with Crippen molar-refractivity contribution >= 4 is 0 Å². The van der Waals surface area contributed by atoms with Crippen molar-refractivity contribution in [1.29, 1.82) is 0 Å². The van der Waals surface area contributed by atoms with Crippen LogP contribution in [0.3, 0.4) is 0 Å². The van der Waals surface area contributed by atoms with Crippen LogP contribution in [-0.2, 0) is 0 Å². The Morgan fingerprint density at radius 2 is 1.26 bits per heavy atom. The van der Waals surface area contributed by atoms with Gasteiger partial charge in [0.05, 0.1) is 0 Å². The first kappa shape index (κ1) is 17.0. The Balaban J connectivity index is 1.67. The molecular formula is C17H36N2. The summed E-state index contributed by atoms with van der Waals surface area (Å²) in [7, 11) is 0. The first-order valence-corrected chi connectivity index (χ1v) is 8.86. The molecule has 0 amide bonds. The van der Waals surface area contributed by atoms with E-state index >= 15 is 0 Å². The lowest BCUT2D eigenvalue weighted by Gasteiger charge is -2.12. The van der Waals surface area contributed by atoms with Crippen LogP contribution in [0.4, 0.5) is 0 Å². The van der Waals surface area contributed by atoms with E-state index in [4.69, 9.17) is 0 Å². The Hall–Kier alpha value is -0.0800. The second-order valence-electron chi connectivity index (χ2n) is 6.17. The van der Waals surface area contributed by atoms with Crippen molar-refractivity contribution in [2.45, 2.75) is 84.0 Å². The maximum absolute atomic E-state index is 3.39. The van der Waals surface area contributed by atoms with Gasteiger partial charge in [0, 0.05) is 19.8 Å². The normalized spacial score (nSPS) is 16.3. The zero-order valence-corrected chi connectivity index (χ0v) is 13.3. The van der Waals surface area contributed by atoms with Crippen LogP contribution in [0.15, 0.2) is 0 Å². The van der Waals surface area contributed by atoms with Crippen LogP contribution in [-0.4, -0.2) is 31.2 Å². The van der Waals surface area contributed by atoms with Gasteiger partial charge in [-0.2, -0.15) is 0 Å². The summed E-state index contributed by atoms with van der Waals surface area (Å²) >= 11 is 0. The van der Waals surface area contributed by atoms with Gasteiger partial charge in [0.1, 0.15) is 0 Å². The molecule has 0 atom stereocenters. The molecular weight excluding hydrogens is 232 g/mol. The third kappa shape index (κ3) is 10.4. The average Bonchev–Trinajstić information content (AvgIpc) is 2.93. The highest BCUT2D eigenvalue weighted by Crippen LogP contribution is 2.12. The molecule has 0 aromatic carbocycles. The Kier molecular flexibility index (Phi) is 11.5. The number of nitrogens with one attached hydrogen (secondary N) is 1. The number of hydrogen-bond acceptors (Lipinski definition) is 2. The van der Waals surface area contributed by atoms with E-state index in [0.29, 0.717) is 0 Å². The van der Waals surface area contributed by atoms with Gasteiger partial charge in [0.15, 0.2) is 0 Å². The van der Waals surface area contributed by atoms with Crippen molar-refractivity contribution < 1.29 is 0 Å². The van der Waals surface area contributed by atoms with Gasteiger partial charge in [0.2, 0.25) is 0 Å². The minimum atomic E-state index is 1.12. The van der Waals surface area contributed by atoms with Gasteiger partial charge in [-0.15, -0.1) is 0 Å². The molecule has 0 radical (unpaired) electrons. The second kappa shape index (κ2) is 12.9. The third-order valence-electron chi connectivity index (χ3n) is 4.27. The highest BCUT2D eigenvalue weighted by atomic mass is 15.3. The lowest BCUT2D eigenvalue weighted by molar-refractivity contribution is 0.324. The summed E-state index contributed by atoms with van der Waals surface area (Å²) in [5, 5.41) is 3.39. The van der Waals surface area contributed by atoms with E-state index in [1.165, 1.54) is 96.7 Å². The third-order valence-corrected chi connectivity index (χ3v) is 4.27. The highest BCUT2D eigenvalue weighted by Gasteiger charge is 2.08. The Morgan fingerprint density at radius 3 is 1.74 bits per heavy atom. The topological polar surface area (TPSA) is 15.3 Å². The van der Waals surface area contributed by atoms with Gasteiger partial charge >= 0.3 is 0 Å². The van der Waals surface area contributed by atoms with E-state index in [-0.39, 0.29) is 0 Å². The fourth-order valence-electron chi connectivity index (χ4n) is 2.92. The predicted octanol–water partition coefficient (Wildman–Crippen LogP) is 4.55. The van der Waals surface area contributed by atoms with Crippen LogP contribution in [0.5, 0.6) is 0 Å². The van der Waals surface area contributed by atoms with Crippen LogP contribution in [0.25, 0.3) is 0 Å². The Labute approximate surface area is 121 Å². The maximum Gasteiger partial charge on any atom is 0.0481 e. The first-order valence-electron chi connectivity index (χ1n) is 8.86. The molecule has 19 heavy (non-hydrogen) atoms. The summed E-state index contributed by atoms with van der Waals surface area (Å²) in [6.07, 6.45) is 17.4. The molecule has 1 rings (SSSR count). The fraction of sp³-hybridized carbons (Fsp3) is 1.00. The zero-order valence-electron chi connectivity index (χ0n) is 13.3. The largest absolute Gasteiger partial charge is 0.303 e. The summed E-state index contributed by atoms with van der Waals surface area (Å²) in [4.78, 5) is 2.54. The number of rotatable bonds is 13. The van der Waals surface area contributed by atoms with Gasteiger partial charge in [-0.1, -0.05) is 77.6 Å².